The third-order valence-electron chi connectivity index (χ3n) is 2.44. The minimum atomic E-state index is -4.03. The van der Waals surface area contributed by atoms with Crippen LogP contribution in [0.1, 0.15) is 28.8 Å². The van der Waals surface area contributed by atoms with E-state index in [9.17, 15) is 13.2 Å². The SMILES string of the molecule is NS(=O)(=O)Oc1ccc2c(c1)C(=O)CCC2. The Morgan fingerprint density at radius 3 is 2.69 bits per heavy atom. The van der Waals surface area contributed by atoms with Gasteiger partial charge in [0.1, 0.15) is 5.75 Å². The number of fused-ring (bicyclic) bond motifs is 1. The summed E-state index contributed by atoms with van der Waals surface area (Å²) in [5, 5.41) is 4.74. The summed E-state index contributed by atoms with van der Waals surface area (Å²) in [7, 11) is -4.03. The molecule has 1 aliphatic rings. The van der Waals surface area contributed by atoms with Crippen LogP contribution < -0.4 is 9.32 Å². The van der Waals surface area contributed by atoms with E-state index in [1.807, 2.05) is 0 Å². The summed E-state index contributed by atoms with van der Waals surface area (Å²) in [6.07, 6.45) is 2.16. The second-order valence-corrected chi connectivity index (χ2v) is 4.82. The topological polar surface area (TPSA) is 86.5 Å². The van der Waals surface area contributed by atoms with Crippen molar-refractivity contribution >= 4 is 16.1 Å². The highest BCUT2D eigenvalue weighted by Gasteiger charge is 2.18. The Kier molecular flexibility index (Phi) is 2.69. The van der Waals surface area contributed by atoms with E-state index in [1.165, 1.54) is 12.1 Å². The van der Waals surface area contributed by atoms with Crippen molar-refractivity contribution in [1.82, 2.24) is 0 Å². The predicted molar refractivity (Wildman–Crippen MR) is 57.4 cm³/mol. The maximum absolute atomic E-state index is 11.6. The molecule has 0 saturated carbocycles. The van der Waals surface area contributed by atoms with Crippen LogP contribution in [0.25, 0.3) is 0 Å². The maximum atomic E-state index is 11.6. The van der Waals surface area contributed by atoms with Crippen LogP contribution in [0.3, 0.4) is 0 Å². The average Bonchev–Trinajstić information content (AvgIpc) is 2.17. The van der Waals surface area contributed by atoms with Crippen molar-refractivity contribution < 1.29 is 17.4 Å². The largest absolute Gasteiger partial charge is 0.380 e. The van der Waals surface area contributed by atoms with Crippen molar-refractivity contribution in [3.05, 3.63) is 29.3 Å². The number of hydrogen-bond acceptors (Lipinski definition) is 4. The lowest BCUT2D eigenvalue weighted by Crippen LogP contribution is -2.19. The number of nitrogens with two attached hydrogens (primary N) is 1. The highest BCUT2D eigenvalue weighted by atomic mass is 32.2. The number of aryl methyl sites for hydroxylation is 1. The second kappa shape index (κ2) is 3.88. The zero-order valence-corrected chi connectivity index (χ0v) is 9.29. The van der Waals surface area contributed by atoms with E-state index >= 15 is 0 Å². The molecule has 0 atom stereocenters. The molecule has 0 fully saturated rings. The normalized spacial score (nSPS) is 15.7. The van der Waals surface area contributed by atoms with Crippen LogP contribution in [0.15, 0.2) is 18.2 Å². The van der Waals surface area contributed by atoms with E-state index in [0.717, 1.165) is 18.4 Å². The molecule has 0 saturated heterocycles. The van der Waals surface area contributed by atoms with Gasteiger partial charge in [-0.3, -0.25) is 4.79 Å². The molecule has 1 aliphatic carbocycles. The van der Waals surface area contributed by atoms with Crippen LogP contribution in [0.5, 0.6) is 5.75 Å². The number of benzene rings is 1. The lowest BCUT2D eigenvalue weighted by atomic mass is 9.91. The third-order valence-corrected chi connectivity index (χ3v) is 2.87. The average molecular weight is 241 g/mol. The Morgan fingerprint density at radius 1 is 1.25 bits per heavy atom. The van der Waals surface area contributed by atoms with Crippen LogP contribution in [-0.2, 0) is 16.7 Å². The Hall–Kier alpha value is -1.40. The monoisotopic (exact) mass is 241 g/mol. The fourth-order valence-electron chi connectivity index (χ4n) is 1.79. The number of Topliss-reactive ketones (excluding diaryl/α,β-unsaturated/α-hetero) is 1. The molecule has 0 heterocycles. The van der Waals surface area contributed by atoms with Gasteiger partial charge in [-0.1, -0.05) is 6.07 Å². The molecule has 0 radical (unpaired) electrons. The van der Waals surface area contributed by atoms with E-state index in [2.05, 4.69) is 4.18 Å². The van der Waals surface area contributed by atoms with Gasteiger partial charge in [-0.15, -0.1) is 0 Å². The first-order valence-electron chi connectivity index (χ1n) is 4.84. The van der Waals surface area contributed by atoms with Gasteiger partial charge in [0.2, 0.25) is 0 Å². The van der Waals surface area contributed by atoms with Crippen molar-refractivity contribution in [2.45, 2.75) is 19.3 Å². The number of hydrogen-bond donors (Lipinski definition) is 1. The number of carbonyl (C=O) groups excluding carboxylic acids is 1. The van der Waals surface area contributed by atoms with Crippen LogP contribution in [0.4, 0.5) is 0 Å². The molecule has 0 aromatic heterocycles. The molecule has 86 valence electrons. The summed E-state index contributed by atoms with van der Waals surface area (Å²) < 4.78 is 26.0. The Morgan fingerprint density at radius 2 is 2.00 bits per heavy atom. The van der Waals surface area contributed by atoms with Gasteiger partial charge in [0.15, 0.2) is 5.78 Å². The molecule has 1 aromatic rings. The fourth-order valence-corrected chi connectivity index (χ4v) is 2.17. The molecule has 0 spiro atoms. The van der Waals surface area contributed by atoms with Gasteiger partial charge < -0.3 is 4.18 Å². The molecule has 6 heteroatoms. The molecule has 0 unspecified atom stereocenters. The molecule has 0 bridgehead atoms. The lowest BCUT2D eigenvalue weighted by molar-refractivity contribution is 0.0972. The summed E-state index contributed by atoms with van der Waals surface area (Å²) >= 11 is 0. The van der Waals surface area contributed by atoms with Gasteiger partial charge in [0, 0.05) is 12.0 Å². The maximum Gasteiger partial charge on any atom is 0.380 e. The minimum absolute atomic E-state index is 0.0149. The predicted octanol–water partition coefficient (Wildman–Crippen LogP) is 0.788. The first kappa shape index (κ1) is 11.1. The van der Waals surface area contributed by atoms with Crippen molar-refractivity contribution in [1.29, 1.82) is 0 Å². The molecule has 0 amide bonds. The standard InChI is InChI=1S/C10H11NO4S/c11-16(13,14)15-8-5-4-7-2-1-3-10(12)9(7)6-8/h4-6H,1-3H2,(H2,11,13,14). The van der Waals surface area contributed by atoms with Crippen molar-refractivity contribution in [2.75, 3.05) is 0 Å². The van der Waals surface area contributed by atoms with Gasteiger partial charge in [-0.25, -0.2) is 0 Å². The Labute approximate surface area is 93.5 Å². The fraction of sp³-hybridized carbons (Fsp3) is 0.300. The van der Waals surface area contributed by atoms with Gasteiger partial charge >= 0.3 is 10.3 Å². The first-order valence-corrected chi connectivity index (χ1v) is 6.31. The smallest absolute Gasteiger partial charge is 0.371 e. The van der Waals surface area contributed by atoms with E-state index in [0.29, 0.717) is 12.0 Å². The zero-order valence-electron chi connectivity index (χ0n) is 8.47. The van der Waals surface area contributed by atoms with Crippen LogP contribution >= 0.6 is 0 Å². The van der Waals surface area contributed by atoms with Gasteiger partial charge in [-0.05, 0) is 30.5 Å². The molecule has 2 N–H and O–H groups in total. The molecule has 0 aliphatic heterocycles. The summed E-state index contributed by atoms with van der Waals surface area (Å²) in [5.74, 6) is 0.0950. The van der Waals surface area contributed by atoms with Crippen LogP contribution in [0.2, 0.25) is 0 Å². The summed E-state index contributed by atoms with van der Waals surface area (Å²) in [4.78, 5) is 11.6. The van der Waals surface area contributed by atoms with Crippen LogP contribution in [0, 0.1) is 0 Å². The van der Waals surface area contributed by atoms with E-state index in [-0.39, 0.29) is 11.5 Å². The number of carbonyl (C=O) groups is 1. The second-order valence-electron chi connectivity index (χ2n) is 3.67. The van der Waals surface area contributed by atoms with Gasteiger partial charge in [-0.2, -0.15) is 13.6 Å². The minimum Gasteiger partial charge on any atom is -0.371 e. The quantitative estimate of drug-likeness (QED) is 0.829. The van der Waals surface area contributed by atoms with E-state index < -0.39 is 10.3 Å². The Balaban J connectivity index is 2.38. The highest BCUT2D eigenvalue weighted by Crippen LogP contribution is 2.25. The summed E-state index contributed by atoms with van der Waals surface area (Å²) in [6.45, 7) is 0. The number of rotatable bonds is 2. The van der Waals surface area contributed by atoms with Crippen molar-refractivity contribution in [3.63, 3.8) is 0 Å². The first-order chi connectivity index (χ1) is 7.46. The Bertz CT molecular complexity index is 536. The van der Waals surface area contributed by atoms with Crippen molar-refractivity contribution in [3.8, 4) is 5.75 Å². The van der Waals surface area contributed by atoms with Gasteiger partial charge in [0.05, 0.1) is 0 Å². The zero-order chi connectivity index (χ0) is 11.8. The van der Waals surface area contributed by atoms with Crippen LogP contribution in [-0.4, -0.2) is 14.2 Å². The van der Waals surface area contributed by atoms with Crippen molar-refractivity contribution in [2.24, 2.45) is 5.14 Å². The molecule has 1 aromatic carbocycles. The third kappa shape index (κ3) is 2.40. The van der Waals surface area contributed by atoms with Gasteiger partial charge in [0.25, 0.3) is 0 Å². The summed E-state index contributed by atoms with van der Waals surface area (Å²) in [5.41, 5.74) is 1.46. The molecule has 2 rings (SSSR count). The molecule has 5 nitrogen and oxygen atoms in total. The lowest BCUT2D eigenvalue weighted by Gasteiger charge is -2.15. The molecular weight excluding hydrogens is 230 g/mol. The number of ketones is 1. The summed E-state index contributed by atoms with van der Waals surface area (Å²) in [6, 6.07) is 4.63. The van der Waals surface area contributed by atoms with E-state index in [4.69, 9.17) is 5.14 Å². The molecular formula is C10H11NO4S. The van der Waals surface area contributed by atoms with E-state index in [1.54, 1.807) is 6.07 Å². The molecule has 16 heavy (non-hydrogen) atoms. The highest BCUT2D eigenvalue weighted by molar-refractivity contribution is 7.84.